The summed E-state index contributed by atoms with van der Waals surface area (Å²) < 4.78 is 25.9. The number of rotatable bonds is 7. The van der Waals surface area contributed by atoms with Crippen LogP contribution in [0.1, 0.15) is 5.69 Å². The highest BCUT2D eigenvalue weighted by Gasteiger charge is 2.17. The van der Waals surface area contributed by atoms with E-state index in [1.807, 2.05) is 24.3 Å². The summed E-state index contributed by atoms with van der Waals surface area (Å²) in [4.78, 5) is 32.6. The number of carbonyl (C=O) groups excluding carboxylic acids is 1. The van der Waals surface area contributed by atoms with Crippen LogP contribution in [0.5, 0.6) is 0 Å². The fourth-order valence-electron chi connectivity index (χ4n) is 4.19. The highest BCUT2D eigenvalue weighted by atomic mass is 19.1. The van der Waals surface area contributed by atoms with Gasteiger partial charge in [0.1, 0.15) is 24.3 Å². The van der Waals surface area contributed by atoms with E-state index in [0.29, 0.717) is 33.7 Å². The SMILES string of the molecule is O=C(Cn1c(-c2ncco2)cc2cc(F)ccc21)NCc1ccc(-c2ccc(-c3n[nH]c(=O)o3)cc2)cn1. The second-order valence-corrected chi connectivity index (χ2v) is 8.47. The van der Waals surface area contributed by atoms with Crippen LogP contribution < -0.4 is 11.1 Å². The monoisotopic (exact) mass is 510 g/mol. The van der Waals surface area contributed by atoms with Gasteiger partial charge in [-0.3, -0.25) is 9.78 Å². The van der Waals surface area contributed by atoms with Crippen molar-refractivity contribution < 1.29 is 18.0 Å². The van der Waals surface area contributed by atoms with E-state index in [-0.39, 0.29) is 30.7 Å². The first-order chi connectivity index (χ1) is 18.5. The van der Waals surface area contributed by atoms with Crippen molar-refractivity contribution in [3.8, 4) is 34.2 Å². The Bertz CT molecular complexity index is 1780. The predicted molar refractivity (Wildman–Crippen MR) is 135 cm³/mol. The van der Waals surface area contributed by atoms with Gasteiger partial charge in [0, 0.05) is 28.2 Å². The van der Waals surface area contributed by atoms with Gasteiger partial charge in [0.15, 0.2) is 0 Å². The smallest absolute Gasteiger partial charge is 0.434 e. The van der Waals surface area contributed by atoms with Gasteiger partial charge in [-0.05, 0) is 48.0 Å². The van der Waals surface area contributed by atoms with E-state index < -0.39 is 5.76 Å². The number of pyridine rings is 1. The fraction of sp³-hybridized carbons (Fsp3) is 0.0741. The molecule has 4 heterocycles. The van der Waals surface area contributed by atoms with Gasteiger partial charge in [0.25, 0.3) is 0 Å². The number of hydrogen-bond acceptors (Lipinski definition) is 7. The molecule has 0 bridgehead atoms. The molecule has 0 aliphatic carbocycles. The van der Waals surface area contributed by atoms with Gasteiger partial charge in [-0.2, -0.15) is 0 Å². The van der Waals surface area contributed by atoms with E-state index in [2.05, 4.69) is 25.5 Å². The van der Waals surface area contributed by atoms with Crippen LogP contribution in [-0.2, 0) is 17.9 Å². The minimum Gasteiger partial charge on any atom is -0.443 e. The molecule has 0 saturated heterocycles. The maximum atomic E-state index is 13.8. The summed E-state index contributed by atoms with van der Waals surface area (Å²) in [5.74, 6) is -0.657. The number of fused-ring (bicyclic) bond motifs is 1. The molecule has 2 aromatic carbocycles. The number of aromatic amines is 1. The van der Waals surface area contributed by atoms with Crippen molar-refractivity contribution in [2.45, 2.75) is 13.1 Å². The van der Waals surface area contributed by atoms with Crippen molar-refractivity contribution in [1.29, 1.82) is 0 Å². The lowest BCUT2D eigenvalue weighted by Crippen LogP contribution is -2.27. The Morgan fingerprint density at radius 3 is 2.50 bits per heavy atom. The lowest BCUT2D eigenvalue weighted by Gasteiger charge is -2.10. The predicted octanol–water partition coefficient (Wildman–Crippen LogP) is 4.16. The van der Waals surface area contributed by atoms with Crippen molar-refractivity contribution >= 4 is 16.8 Å². The Morgan fingerprint density at radius 2 is 1.79 bits per heavy atom. The van der Waals surface area contributed by atoms with Crippen LogP contribution >= 0.6 is 0 Å². The molecule has 0 saturated carbocycles. The van der Waals surface area contributed by atoms with Crippen LogP contribution in [0.4, 0.5) is 4.39 Å². The minimum absolute atomic E-state index is 0.00655. The number of carbonyl (C=O) groups is 1. The number of H-pyrrole nitrogens is 1. The summed E-state index contributed by atoms with van der Waals surface area (Å²) in [5.41, 5.74) is 4.43. The second-order valence-electron chi connectivity index (χ2n) is 8.47. The topological polar surface area (TPSA) is 132 Å². The van der Waals surface area contributed by atoms with Gasteiger partial charge in [0.05, 0.1) is 18.4 Å². The molecule has 0 aliphatic heterocycles. The summed E-state index contributed by atoms with van der Waals surface area (Å²) in [6, 6.07) is 17.2. The lowest BCUT2D eigenvalue weighted by molar-refractivity contribution is -0.121. The van der Waals surface area contributed by atoms with E-state index in [4.69, 9.17) is 8.83 Å². The van der Waals surface area contributed by atoms with Crippen LogP contribution in [0.2, 0.25) is 0 Å². The molecular formula is C27H19FN6O4. The van der Waals surface area contributed by atoms with Gasteiger partial charge in [0.2, 0.25) is 17.7 Å². The number of amides is 1. The molecule has 6 aromatic rings. The summed E-state index contributed by atoms with van der Waals surface area (Å²) in [5, 5.41) is 9.58. The Kier molecular flexibility index (Phi) is 5.85. The average molecular weight is 510 g/mol. The molecule has 188 valence electrons. The van der Waals surface area contributed by atoms with Gasteiger partial charge in [-0.1, -0.05) is 18.2 Å². The molecule has 4 aromatic heterocycles. The Labute approximate surface area is 213 Å². The van der Waals surface area contributed by atoms with Gasteiger partial charge < -0.3 is 18.7 Å². The molecule has 38 heavy (non-hydrogen) atoms. The molecule has 0 radical (unpaired) electrons. The number of benzene rings is 2. The molecule has 0 atom stereocenters. The summed E-state index contributed by atoms with van der Waals surface area (Å²) in [6.07, 6.45) is 4.68. The van der Waals surface area contributed by atoms with E-state index in [9.17, 15) is 14.0 Å². The maximum Gasteiger partial charge on any atom is 0.434 e. The largest absolute Gasteiger partial charge is 0.443 e. The highest BCUT2D eigenvalue weighted by Crippen LogP contribution is 2.28. The molecule has 11 heteroatoms. The van der Waals surface area contributed by atoms with Crippen molar-refractivity contribution in [3.63, 3.8) is 0 Å². The molecule has 10 nitrogen and oxygen atoms in total. The van der Waals surface area contributed by atoms with Gasteiger partial charge in [-0.25, -0.2) is 19.3 Å². The summed E-state index contributed by atoms with van der Waals surface area (Å²) in [7, 11) is 0. The number of halogens is 1. The molecule has 1 amide bonds. The second kappa shape index (κ2) is 9.62. The third kappa shape index (κ3) is 4.60. The lowest BCUT2D eigenvalue weighted by atomic mass is 10.1. The maximum absolute atomic E-state index is 13.8. The normalized spacial score (nSPS) is 11.2. The zero-order chi connectivity index (χ0) is 26.1. The van der Waals surface area contributed by atoms with Gasteiger partial charge >= 0.3 is 5.76 Å². The van der Waals surface area contributed by atoms with Crippen molar-refractivity contribution in [1.82, 2.24) is 30.0 Å². The number of hydrogen-bond donors (Lipinski definition) is 2. The molecular weight excluding hydrogens is 491 g/mol. The van der Waals surface area contributed by atoms with E-state index in [0.717, 1.165) is 11.1 Å². The molecule has 0 aliphatic rings. The van der Waals surface area contributed by atoms with E-state index in [1.54, 1.807) is 35.0 Å². The Balaban J connectivity index is 1.13. The van der Waals surface area contributed by atoms with Crippen LogP contribution in [-0.4, -0.2) is 30.6 Å². The summed E-state index contributed by atoms with van der Waals surface area (Å²) >= 11 is 0. The molecule has 6 rings (SSSR count). The Morgan fingerprint density at radius 1 is 0.974 bits per heavy atom. The standard InChI is InChI=1S/C27H19FN6O4/c28-20-6-8-22-19(11-20)12-23(26-29-9-10-37-26)34(22)15-24(35)31-14-21-7-5-18(13-30-21)16-1-3-17(4-2-16)25-32-33-27(36)38-25/h1-13H,14-15H2,(H,31,35)(H,33,36). The first kappa shape index (κ1) is 23.1. The summed E-state index contributed by atoms with van der Waals surface area (Å²) in [6.45, 7) is 0.228. The average Bonchev–Trinajstić information content (AvgIpc) is 3.69. The van der Waals surface area contributed by atoms with E-state index in [1.165, 1.54) is 24.6 Å². The number of aromatic nitrogens is 5. The molecule has 0 spiro atoms. The third-order valence-electron chi connectivity index (χ3n) is 6.01. The molecule has 2 N–H and O–H groups in total. The van der Waals surface area contributed by atoms with Crippen LogP contribution in [0.15, 0.2) is 92.9 Å². The number of oxazole rings is 1. The van der Waals surface area contributed by atoms with Gasteiger partial charge in [-0.15, -0.1) is 5.10 Å². The molecule has 0 unspecified atom stereocenters. The van der Waals surface area contributed by atoms with Crippen molar-refractivity contribution in [3.05, 3.63) is 101 Å². The van der Waals surface area contributed by atoms with Crippen molar-refractivity contribution in [2.75, 3.05) is 0 Å². The van der Waals surface area contributed by atoms with Crippen LogP contribution in [0.25, 0.3) is 45.1 Å². The van der Waals surface area contributed by atoms with Crippen LogP contribution in [0, 0.1) is 5.82 Å². The molecule has 0 fully saturated rings. The quantitative estimate of drug-likeness (QED) is 0.330. The van der Waals surface area contributed by atoms with Crippen molar-refractivity contribution in [2.24, 2.45) is 0 Å². The first-order valence-electron chi connectivity index (χ1n) is 11.6. The zero-order valence-corrected chi connectivity index (χ0v) is 19.7. The minimum atomic E-state index is -0.608. The fourth-order valence-corrected chi connectivity index (χ4v) is 4.19. The number of nitrogens with one attached hydrogen (secondary N) is 2. The highest BCUT2D eigenvalue weighted by molar-refractivity contribution is 5.88. The number of nitrogens with zero attached hydrogens (tertiary/aromatic N) is 4. The first-order valence-corrected chi connectivity index (χ1v) is 11.6. The third-order valence-corrected chi connectivity index (χ3v) is 6.01. The van der Waals surface area contributed by atoms with Crippen LogP contribution in [0.3, 0.4) is 0 Å². The zero-order valence-electron chi connectivity index (χ0n) is 19.7. The Hall–Kier alpha value is -5.32. The van der Waals surface area contributed by atoms with E-state index >= 15 is 0 Å².